The van der Waals surface area contributed by atoms with Gasteiger partial charge in [-0.1, -0.05) is 46.3 Å². The molecule has 0 saturated carbocycles. The number of carbonyl (C=O) groups is 2. The van der Waals surface area contributed by atoms with Crippen LogP contribution in [0, 0.1) is 0 Å². The summed E-state index contributed by atoms with van der Waals surface area (Å²) in [6.07, 6.45) is 1.76. The summed E-state index contributed by atoms with van der Waals surface area (Å²) in [5, 5.41) is 1.81. The van der Waals surface area contributed by atoms with Gasteiger partial charge in [-0.05, 0) is 24.3 Å². The van der Waals surface area contributed by atoms with Crippen molar-refractivity contribution >= 4 is 39.0 Å². The largest absolute Gasteiger partial charge is 0.316 e. The van der Waals surface area contributed by atoms with Crippen molar-refractivity contribution in [3.8, 4) is 0 Å². The summed E-state index contributed by atoms with van der Waals surface area (Å²) < 4.78 is 2.59. The Hall–Kier alpha value is -2.31. The lowest BCUT2D eigenvalue weighted by Crippen LogP contribution is -2.21. The topological polar surface area (TPSA) is 51.4 Å². The van der Waals surface area contributed by atoms with Crippen LogP contribution in [0.4, 0.5) is 0 Å². The summed E-state index contributed by atoms with van der Waals surface area (Å²) >= 11 is 4.66. The van der Waals surface area contributed by atoms with Gasteiger partial charge in [0.05, 0.1) is 6.54 Å². The minimum absolute atomic E-state index is 0.0217. The van der Waals surface area contributed by atoms with Gasteiger partial charge in [0.25, 0.3) is 5.91 Å². The van der Waals surface area contributed by atoms with E-state index in [1.54, 1.807) is 47.2 Å². The second kappa shape index (κ2) is 7.51. The van der Waals surface area contributed by atoms with Crippen LogP contribution in [-0.4, -0.2) is 16.3 Å². The first kappa shape index (κ1) is 16.5. The number of hydrogen-bond donors (Lipinski definition) is 0. The van der Waals surface area contributed by atoms with E-state index in [4.69, 9.17) is 0 Å². The van der Waals surface area contributed by atoms with Crippen LogP contribution in [0.15, 0.2) is 75.6 Å². The maximum atomic E-state index is 12.3. The zero-order valence-corrected chi connectivity index (χ0v) is 15.0. The summed E-state index contributed by atoms with van der Waals surface area (Å²) in [6.45, 7) is 0.153. The van der Waals surface area contributed by atoms with Gasteiger partial charge in [0, 0.05) is 27.2 Å². The SMILES string of the molecule is O=C(Cn1ccsc1=NC(=O)c1ccc(Br)cc1)c1ccccc1. The lowest BCUT2D eigenvalue weighted by molar-refractivity contribution is 0.0963. The average molecular weight is 401 g/mol. The van der Waals surface area contributed by atoms with Crippen LogP contribution >= 0.6 is 27.3 Å². The van der Waals surface area contributed by atoms with Crippen molar-refractivity contribution in [2.24, 2.45) is 4.99 Å². The van der Waals surface area contributed by atoms with Crippen LogP contribution in [0.3, 0.4) is 0 Å². The minimum Gasteiger partial charge on any atom is -0.316 e. The molecule has 0 aliphatic heterocycles. The Balaban J connectivity index is 1.83. The monoisotopic (exact) mass is 400 g/mol. The van der Waals surface area contributed by atoms with Gasteiger partial charge in [0.1, 0.15) is 0 Å². The molecule has 0 aliphatic rings. The molecule has 0 N–H and O–H groups in total. The number of aromatic nitrogens is 1. The van der Waals surface area contributed by atoms with E-state index in [9.17, 15) is 9.59 Å². The summed E-state index contributed by atoms with van der Waals surface area (Å²) in [4.78, 5) is 29.2. The lowest BCUT2D eigenvalue weighted by Gasteiger charge is -2.02. The molecule has 0 radical (unpaired) electrons. The Morgan fingerprint density at radius 1 is 1.00 bits per heavy atom. The van der Waals surface area contributed by atoms with Crippen molar-refractivity contribution in [1.82, 2.24) is 4.57 Å². The molecule has 0 fully saturated rings. The number of thiazole rings is 1. The fourth-order valence-corrected chi connectivity index (χ4v) is 3.11. The van der Waals surface area contributed by atoms with Gasteiger partial charge < -0.3 is 4.57 Å². The molecule has 24 heavy (non-hydrogen) atoms. The number of hydrogen-bond acceptors (Lipinski definition) is 3. The van der Waals surface area contributed by atoms with E-state index in [-0.39, 0.29) is 18.2 Å². The first-order chi connectivity index (χ1) is 11.6. The van der Waals surface area contributed by atoms with Crippen LogP contribution in [0.1, 0.15) is 20.7 Å². The van der Waals surface area contributed by atoms with E-state index < -0.39 is 0 Å². The number of ketones is 1. The van der Waals surface area contributed by atoms with Crippen molar-refractivity contribution in [2.75, 3.05) is 0 Å². The number of benzene rings is 2. The van der Waals surface area contributed by atoms with Crippen LogP contribution in [0.5, 0.6) is 0 Å². The molecule has 4 nitrogen and oxygen atoms in total. The third-order valence-electron chi connectivity index (χ3n) is 3.36. The molecule has 0 spiro atoms. The normalized spacial score (nSPS) is 11.5. The Morgan fingerprint density at radius 3 is 2.42 bits per heavy atom. The quantitative estimate of drug-likeness (QED) is 0.622. The predicted octanol–water partition coefficient (Wildman–Crippen LogP) is 3.94. The standard InChI is InChI=1S/C18H13BrN2O2S/c19-15-8-6-14(7-9-15)17(23)20-18-21(10-11-24-18)12-16(22)13-4-2-1-3-5-13/h1-11H,12H2. The third kappa shape index (κ3) is 3.96. The van der Waals surface area contributed by atoms with Crippen LogP contribution in [0.25, 0.3) is 0 Å². The van der Waals surface area contributed by atoms with E-state index in [1.165, 1.54) is 11.3 Å². The fourth-order valence-electron chi connectivity index (χ4n) is 2.12. The molecule has 1 amide bonds. The van der Waals surface area contributed by atoms with Gasteiger partial charge in [-0.25, -0.2) is 0 Å². The van der Waals surface area contributed by atoms with Gasteiger partial charge in [-0.15, -0.1) is 11.3 Å². The first-order valence-electron chi connectivity index (χ1n) is 7.20. The van der Waals surface area contributed by atoms with Crippen LogP contribution in [-0.2, 0) is 6.54 Å². The average Bonchev–Trinajstić information content (AvgIpc) is 3.03. The molecule has 120 valence electrons. The van der Waals surface area contributed by atoms with E-state index in [0.717, 1.165) is 4.47 Å². The summed E-state index contributed by atoms with van der Waals surface area (Å²) in [5.41, 5.74) is 1.15. The maximum absolute atomic E-state index is 12.3. The third-order valence-corrected chi connectivity index (χ3v) is 4.68. The highest BCUT2D eigenvalue weighted by molar-refractivity contribution is 9.10. The zero-order valence-electron chi connectivity index (χ0n) is 12.6. The molecule has 6 heteroatoms. The molecule has 1 aromatic heterocycles. The molecule has 0 unspecified atom stereocenters. The Kier molecular flexibility index (Phi) is 5.17. The highest BCUT2D eigenvalue weighted by atomic mass is 79.9. The Morgan fingerprint density at radius 2 is 1.71 bits per heavy atom. The molecule has 0 bridgehead atoms. The molecular formula is C18H13BrN2O2S. The maximum Gasteiger partial charge on any atom is 0.279 e. The number of Topliss-reactive ketones (excluding diaryl/α,β-unsaturated/α-hetero) is 1. The van der Waals surface area contributed by atoms with Crippen molar-refractivity contribution in [3.63, 3.8) is 0 Å². The second-order valence-electron chi connectivity index (χ2n) is 5.03. The van der Waals surface area contributed by atoms with Crippen LogP contribution in [0.2, 0.25) is 0 Å². The van der Waals surface area contributed by atoms with E-state index in [1.807, 2.05) is 23.6 Å². The summed E-state index contributed by atoms with van der Waals surface area (Å²) in [6, 6.07) is 16.1. The molecular weight excluding hydrogens is 388 g/mol. The lowest BCUT2D eigenvalue weighted by atomic mass is 10.1. The van der Waals surface area contributed by atoms with Gasteiger partial charge in [-0.2, -0.15) is 4.99 Å². The number of halogens is 1. The fraction of sp³-hybridized carbons (Fsp3) is 0.0556. The van der Waals surface area contributed by atoms with Gasteiger partial charge in [0.15, 0.2) is 10.6 Å². The van der Waals surface area contributed by atoms with Crippen molar-refractivity contribution in [3.05, 3.63) is 86.6 Å². The molecule has 1 heterocycles. The first-order valence-corrected chi connectivity index (χ1v) is 8.87. The molecule has 0 atom stereocenters. The molecule has 0 aliphatic carbocycles. The summed E-state index contributed by atoms with van der Waals surface area (Å²) in [5.74, 6) is -0.350. The highest BCUT2D eigenvalue weighted by Gasteiger charge is 2.09. The number of amides is 1. The van der Waals surface area contributed by atoms with Gasteiger partial charge >= 0.3 is 0 Å². The van der Waals surface area contributed by atoms with E-state index >= 15 is 0 Å². The second-order valence-corrected chi connectivity index (χ2v) is 6.82. The zero-order chi connectivity index (χ0) is 16.9. The van der Waals surface area contributed by atoms with E-state index in [2.05, 4.69) is 20.9 Å². The van der Waals surface area contributed by atoms with Crippen LogP contribution < -0.4 is 4.80 Å². The predicted molar refractivity (Wildman–Crippen MR) is 97.1 cm³/mol. The minimum atomic E-state index is -0.328. The Bertz CT molecular complexity index is 927. The van der Waals surface area contributed by atoms with Crippen molar-refractivity contribution in [1.29, 1.82) is 0 Å². The Labute approximate surface area is 151 Å². The van der Waals surface area contributed by atoms with Gasteiger partial charge in [0.2, 0.25) is 0 Å². The molecule has 0 saturated heterocycles. The summed E-state index contributed by atoms with van der Waals surface area (Å²) in [7, 11) is 0. The number of carbonyl (C=O) groups excluding carboxylic acids is 2. The molecule has 2 aromatic carbocycles. The van der Waals surface area contributed by atoms with Crippen molar-refractivity contribution in [2.45, 2.75) is 6.54 Å². The van der Waals surface area contributed by atoms with E-state index in [0.29, 0.717) is 15.9 Å². The highest BCUT2D eigenvalue weighted by Crippen LogP contribution is 2.11. The number of rotatable bonds is 4. The molecule has 3 rings (SSSR count). The van der Waals surface area contributed by atoms with Gasteiger partial charge in [-0.3, -0.25) is 9.59 Å². The smallest absolute Gasteiger partial charge is 0.279 e. The molecule has 3 aromatic rings. The van der Waals surface area contributed by atoms with Crippen molar-refractivity contribution < 1.29 is 9.59 Å². The number of nitrogens with zero attached hydrogens (tertiary/aromatic N) is 2.